The van der Waals surface area contributed by atoms with Crippen LogP contribution < -0.4 is 0 Å². The Morgan fingerprint density at radius 2 is 1.88 bits per heavy atom. The van der Waals surface area contributed by atoms with Crippen LogP contribution in [0.1, 0.15) is 31.3 Å². The molecule has 0 amide bonds. The van der Waals surface area contributed by atoms with Gasteiger partial charge in [-0.05, 0) is 11.5 Å². The third-order valence-electron chi connectivity index (χ3n) is 2.27. The standard InChI is InChI=1S/C14H15NOS/c1-14(2,3)17-13(16)12-11-7-5-4-6-10(11)8-9-15-12/h4-9H,1-3H3. The molecule has 0 radical (unpaired) electrons. The van der Waals surface area contributed by atoms with E-state index in [4.69, 9.17) is 0 Å². The van der Waals surface area contributed by atoms with E-state index in [1.165, 1.54) is 11.8 Å². The average Bonchev–Trinajstić information content (AvgIpc) is 2.26. The van der Waals surface area contributed by atoms with Gasteiger partial charge in [-0.15, -0.1) is 0 Å². The molecular weight excluding hydrogens is 230 g/mol. The highest BCUT2D eigenvalue weighted by Gasteiger charge is 2.20. The largest absolute Gasteiger partial charge is 0.280 e. The van der Waals surface area contributed by atoms with Gasteiger partial charge >= 0.3 is 0 Å². The molecule has 3 heteroatoms. The minimum atomic E-state index is -0.0876. The summed E-state index contributed by atoms with van der Waals surface area (Å²) in [7, 11) is 0. The molecule has 2 aromatic rings. The molecule has 0 bridgehead atoms. The molecule has 2 rings (SSSR count). The summed E-state index contributed by atoms with van der Waals surface area (Å²) in [5, 5.41) is 2.02. The van der Waals surface area contributed by atoms with Crippen LogP contribution in [0.3, 0.4) is 0 Å². The van der Waals surface area contributed by atoms with Crippen LogP contribution >= 0.6 is 11.8 Å². The number of carbonyl (C=O) groups excluding carboxylic acids is 1. The van der Waals surface area contributed by atoms with Crippen molar-refractivity contribution in [2.45, 2.75) is 25.5 Å². The lowest BCUT2D eigenvalue weighted by Crippen LogP contribution is -2.13. The first-order chi connectivity index (χ1) is 7.97. The zero-order valence-corrected chi connectivity index (χ0v) is 11.0. The molecule has 0 saturated carbocycles. The van der Waals surface area contributed by atoms with Crippen LogP contribution in [0, 0.1) is 0 Å². The van der Waals surface area contributed by atoms with Crippen molar-refractivity contribution in [2.24, 2.45) is 0 Å². The van der Waals surface area contributed by atoms with E-state index in [-0.39, 0.29) is 9.86 Å². The first kappa shape index (κ1) is 12.1. The molecule has 0 fully saturated rings. The van der Waals surface area contributed by atoms with Gasteiger partial charge in [0.1, 0.15) is 5.69 Å². The van der Waals surface area contributed by atoms with Crippen molar-refractivity contribution in [2.75, 3.05) is 0 Å². The van der Waals surface area contributed by atoms with Gasteiger partial charge in [0.25, 0.3) is 0 Å². The van der Waals surface area contributed by atoms with Crippen LogP contribution in [-0.4, -0.2) is 14.8 Å². The maximum atomic E-state index is 12.2. The number of hydrogen-bond donors (Lipinski definition) is 0. The third kappa shape index (κ3) is 2.86. The molecule has 0 spiro atoms. The molecule has 0 saturated heterocycles. The number of aromatic nitrogens is 1. The van der Waals surface area contributed by atoms with E-state index in [2.05, 4.69) is 4.98 Å². The van der Waals surface area contributed by atoms with Crippen molar-refractivity contribution >= 4 is 27.6 Å². The van der Waals surface area contributed by atoms with Crippen LogP contribution in [0.2, 0.25) is 0 Å². The normalized spacial score (nSPS) is 11.7. The lowest BCUT2D eigenvalue weighted by Gasteiger charge is -2.16. The monoisotopic (exact) mass is 245 g/mol. The Balaban J connectivity index is 2.45. The van der Waals surface area contributed by atoms with E-state index >= 15 is 0 Å². The van der Waals surface area contributed by atoms with E-state index in [0.29, 0.717) is 5.69 Å². The summed E-state index contributed by atoms with van der Waals surface area (Å²) >= 11 is 1.32. The quantitative estimate of drug-likeness (QED) is 0.763. The summed E-state index contributed by atoms with van der Waals surface area (Å²) in [6.07, 6.45) is 1.69. The third-order valence-corrected chi connectivity index (χ3v) is 3.26. The van der Waals surface area contributed by atoms with Gasteiger partial charge in [0, 0.05) is 16.3 Å². The number of benzene rings is 1. The highest BCUT2D eigenvalue weighted by Crippen LogP contribution is 2.29. The molecule has 0 unspecified atom stereocenters. The van der Waals surface area contributed by atoms with Crippen molar-refractivity contribution in [3.8, 4) is 0 Å². The molecule has 1 aromatic carbocycles. The first-order valence-electron chi connectivity index (χ1n) is 5.54. The second-order valence-electron chi connectivity index (χ2n) is 4.88. The molecular formula is C14H15NOS. The molecule has 0 aliphatic rings. The summed E-state index contributed by atoms with van der Waals surface area (Å²) in [4.78, 5) is 16.4. The fourth-order valence-electron chi connectivity index (χ4n) is 1.61. The zero-order valence-electron chi connectivity index (χ0n) is 10.2. The van der Waals surface area contributed by atoms with Crippen LogP contribution in [0.4, 0.5) is 0 Å². The van der Waals surface area contributed by atoms with Crippen molar-refractivity contribution in [1.29, 1.82) is 0 Å². The zero-order chi connectivity index (χ0) is 12.5. The van der Waals surface area contributed by atoms with Crippen molar-refractivity contribution in [3.05, 3.63) is 42.2 Å². The second-order valence-corrected chi connectivity index (χ2v) is 6.68. The smallest absolute Gasteiger partial charge is 0.238 e. The molecule has 0 aliphatic heterocycles. The molecule has 0 aliphatic carbocycles. The van der Waals surface area contributed by atoms with E-state index in [1.54, 1.807) is 6.20 Å². The van der Waals surface area contributed by atoms with E-state index < -0.39 is 0 Å². The summed E-state index contributed by atoms with van der Waals surface area (Å²) in [6, 6.07) is 9.76. The maximum absolute atomic E-state index is 12.2. The van der Waals surface area contributed by atoms with Crippen LogP contribution in [0.5, 0.6) is 0 Å². The highest BCUT2D eigenvalue weighted by atomic mass is 32.2. The first-order valence-corrected chi connectivity index (χ1v) is 6.36. The predicted molar refractivity (Wildman–Crippen MR) is 73.4 cm³/mol. The molecule has 0 atom stereocenters. The van der Waals surface area contributed by atoms with Gasteiger partial charge in [-0.1, -0.05) is 56.8 Å². The lowest BCUT2D eigenvalue weighted by molar-refractivity contribution is 0.108. The Morgan fingerprint density at radius 1 is 1.18 bits per heavy atom. The van der Waals surface area contributed by atoms with Gasteiger partial charge < -0.3 is 0 Å². The Morgan fingerprint density at radius 3 is 2.59 bits per heavy atom. The van der Waals surface area contributed by atoms with Gasteiger partial charge in [0.15, 0.2) is 0 Å². The Hall–Kier alpha value is -1.35. The Labute approximate surface area is 105 Å². The summed E-state index contributed by atoms with van der Waals surface area (Å²) in [5.74, 6) is 0. The number of carbonyl (C=O) groups is 1. The van der Waals surface area contributed by atoms with Gasteiger partial charge in [-0.3, -0.25) is 9.78 Å². The Kier molecular flexibility index (Phi) is 3.20. The van der Waals surface area contributed by atoms with Crippen molar-refractivity contribution in [1.82, 2.24) is 4.98 Å². The fraction of sp³-hybridized carbons (Fsp3) is 0.286. The Bertz CT molecular complexity index is 552. The molecule has 88 valence electrons. The van der Waals surface area contributed by atoms with E-state index in [0.717, 1.165) is 10.8 Å². The molecule has 1 heterocycles. The summed E-state index contributed by atoms with van der Waals surface area (Å²) in [6.45, 7) is 6.09. The summed E-state index contributed by atoms with van der Waals surface area (Å²) in [5.41, 5.74) is 0.558. The SMILES string of the molecule is CC(C)(C)SC(=O)c1nccc2ccccc12. The number of rotatable bonds is 1. The predicted octanol–water partition coefficient (Wildman–Crippen LogP) is 3.91. The highest BCUT2D eigenvalue weighted by molar-refractivity contribution is 8.15. The van der Waals surface area contributed by atoms with Gasteiger partial charge in [0.2, 0.25) is 5.12 Å². The maximum Gasteiger partial charge on any atom is 0.238 e. The van der Waals surface area contributed by atoms with Crippen LogP contribution in [0.25, 0.3) is 10.8 Å². The van der Waals surface area contributed by atoms with Crippen LogP contribution in [0.15, 0.2) is 36.5 Å². The molecule has 2 nitrogen and oxygen atoms in total. The van der Waals surface area contributed by atoms with E-state index in [1.807, 2.05) is 51.1 Å². The molecule has 1 aromatic heterocycles. The topological polar surface area (TPSA) is 30.0 Å². The lowest BCUT2D eigenvalue weighted by atomic mass is 10.1. The number of fused-ring (bicyclic) bond motifs is 1. The van der Waals surface area contributed by atoms with Gasteiger partial charge in [-0.2, -0.15) is 0 Å². The second kappa shape index (κ2) is 4.49. The van der Waals surface area contributed by atoms with Gasteiger partial charge in [-0.25, -0.2) is 0 Å². The number of hydrogen-bond acceptors (Lipinski definition) is 3. The van der Waals surface area contributed by atoms with Gasteiger partial charge in [0.05, 0.1) is 0 Å². The van der Waals surface area contributed by atoms with Crippen molar-refractivity contribution in [3.63, 3.8) is 0 Å². The minimum Gasteiger partial charge on any atom is -0.280 e. The summed E-state index contributed by atoms with van der Waals surface area (Å²) < 4.78 is -0.0876. The fourth-order valence-corrected chi connectivity index (χ4v) is 2.42. The van der Waals surface area contributed by atoms with Crippen molar-refractivity contribution < 1.29 is 4.79 Å². The van der Waals surface area contributed by atoms with E-state index in [9.17, 15) is 4.79 Å². The number of nitrogens with zero attached hydrogens (tertiary/aromatic N) is 1. The number of pyridine rings is 1. The number of thioether (sulfide) groups is 1. The molecule has 0 N–H and O–H groups in total. The average molecular weight is 245 g/mol. The minimum absolute atomic E-state index is 0.0364. The molecule has 17 heavy (non-hydrogen) atoms. The van der Waals surface area contributed by atoms with Crippen LogP contribution in [-0.2, 0) is 0 Å².